The van der Waals surface area contributed by atoms with E-state index in [1.807, 2.05) is 158 Å². The molecular formula is C65H56BrCl2N3O10. The highest BCUT2D eigenvalue weighted by Gasteiger charge is 2.22. The van der Waals surface area contributed by atoms with Crippen molar-refractivity contribution in [1.29, 1.82) is 0 Å². The van der Waals surface area contributed by atoms with Crippen LogP contribution in [0.2, 0.25) is 10.0 Å². The monoisotopic (exact) mass is 1190 g/mol. The molecule has 1 amide bonds. The first kappa shape index (κ1) is 58.3. The summed E-state index contributed by atoms with van der Waals surface area (Å²) in [4.78, 5) is 33.8. The first-order chi connectivity index (χ1) is 39.4. The number of rotatable bonds is 20. The number of Topliss-reactive ketones (excluding diaryl/α,β-unsaturated/α-hetero) is 1. The number of para-hydroxylation sites is 2. The summed E-state index contributed by atoms with van der Waals surface area (Å²) in [6.45, 7) is 1.03. The number of amides is 1. The summed E-state index contributed by atoms with van der Waals surface area (Å²) in [5.74, 6) is 3.69. The summed E-state index contributed by atoms with van der Waals surface area (Å²) in [6, 6.07) is 56.2. The zero-order valence-corrected chi connectivity index (χ0v) is 47.8. The van der Waals surface area contributed by atoms with Crippen molar-refractivity contribution in [1.82, 2.24) is 9.97 Å². The molecule has 10 rings (SSSR count). The molecule has 0 saturated carbocycles. The van der Waals surface area contributed by atoms with Gasteiger partial charge in [0.1, 0.15) is 49.4 Å². The fourth-order valence-electron chi connectivity index (χ4n) is 8.14. The average Bonchev–Trinajstić information content (AvgIpc) is 3.53. The maximum Gasteiger partial charge on any atom is 0.250 e. The number of primary amides is 1. The predicted octanol–water partition coefficient (Wildman–Crippen LogP) is 15.1. The molecule has 2 aromatic heterocycles. The minimum atomic E-state index is -0.643. The quantitative estimate of drug-likeness (QED) is 0.0721. The summed E-state index contributed by atoms with van der Waals surface area (Å²) in [6.07, 6.45) is 3.69. The minimum Gasteiger partial charge on any atom is -0.497 e. The van der Waals surface area contributed by atoms with Crippen molar-refractivity contribution in [2.24, 2.45) is 5.73 Å². The third-order valence-electron chi connectivity index (χ3n) is 12.6. The molecular weight excluding hydrogens is 1130 g/mol. The Labute approximate surface area is 488 Å². The van der Waals surface area contributed by atoms with Crippen LogP contribution in [0.4, 0.5) is 0 Å². The molecule has 8 aromatic carbocycles. The molecule has 0 unspecified atom stereocenters. The van der Waals surface area contributed by atoms with E-state index in [4.69, 9.17) is 66.8 Å². The molecule has 0 saturated heterocycles. The fourth-order valence-corrected chi connectivity index (χ4v) is 9.21. The number of methoxy groups -OCH3 is 4. The SMILES string of the molecule is Brc1ccnc2ccccc12.COc1ccc(COc2ccc(C(=O)Cc3ccnc4ccccc34)c(Cl)c2OCc2ccc(OC)cc2)cc1.COc1ccc(COc2ccc(C(N)=O)c(Cl)c2OCc2ccc(OC)cc2)cc1. The number of fused-ring (bicyclic) bond motifs is 2. The Kier molecular flexibility index (Phi) is 20.8. The van der Waals surface area contributed by atoms with E-state index in [9.17, 15) is 9.59 Å². The Morgan fingerprint density at radius 1 is 0.444 bits per heavy atom. The lowest BCUT2D eigenvalue weighted by molar-refractivity contribution is 0.0987. The van der Waals surface area contributed by atoms with Gasteiger partial charge in [-0.3, -0.25) is 19.6 Å². The topological polar surface area (TPSA) is 160 Å². The second kappa shape index (κ2) is 28.9. The number of nitrogens with zero attached hydrogens (tertiary/aromatic N) is 2. The van der Waals surface area contributed by atoms with E-state index < -0.39 is 5.91 Å². The smallest absolute Gasteiger partial charge is 0.250 e. The van der Waals surface area contributed by atoms with Gasteiger partial charge in [-0.15, -0.1) is 0 Å². The summed E-state index contributed by atoms with van der Waals surface area (Å²) in [5.41, 5.74) is 12.4. The molecule has 16 heteroatoms. The van der Waals surface area contributed by atoms with Gasteiger partial charge in [-0.05, 0) is 125 Å². The van der Waals surface area contributed by atoms with Gasteiger partial charge in [0.05, 0.1) is 55.1 Å². The van der Waals surface area contributed by atoms with Crippen LogP contribution in [-0.4, -0.2) is 50.1 Å². The lowest BCUT2D eigenvalue weighted by Crippen LogP contribution is -2.12. The van der Waals surface area contributed by atoms with Gasteiger partial charge in [-0.2, -0.15) is 0 Å². The molecule has 13 nitrogen and oxygen atoms in total. The largest absolute Gasteiger partial charge is 0.497 e. The van der Waals surface area contributed by atoms with Crippen LogP contribution < -0.4 is 43.6 Å². The summed E-state index contributed by atoms with van der Waals surface area (Å²) in [7, 11) is 6.46. The summed E-state index contributed by atoms with van der Waals surface area (Å²) >= 11 is 16.7. The molecule has 10 aromatic rings. The number of ether oxygens (including phenoxy) is 8. The zero-order chi connectivity index (χ0) is 57.1. The van der Waals surface area contributed by atoms with E-state index in [1.165, 1.54) is 6.07 Å². The minimum absolute atomic E-state index is 0.114. The first-order valence-corrected chi connectivity index (χ1v) is 26.8. The molecule has 0 spiro atoms. The van der Waals surface area contributed by atoms with E-state index in [0.29, 0.717) is 22.8 Å². The van der Waals surface area contributed by atoms with Crippen molar-refractivity contribution >= 4 is 72.6 Å². The van der Waals surface area contributed by atoms with Crippen LogP contribution >= 0.6 is 39.1 Å². The maximum atomic E-state index is 13.5. The molecule has 0 aliphatic heterocycles. The standard InChI is InChI=1S/C33H28ClNO5.C23H22ClNO5.C9H6BrN/c1-37-25-11-7-22(8-12-25)20-39-31-16-15-28(30(36)19-24-17-18-35-29-6-4-3-5-27(24)29)32(34)33(31)40-21-23-9-13-26(38-2)14-10-23;1-27-17-7-3-15(4-8-17)13-29-20-12-11-19(23(25)26)21(24)22(20)30-14-16-5-9-18(28-2)10-6-16;10-8-5-6-11-9-4-2-1-3-7(8)9/h3-18H,19-21H2,1-2H3;3-12H,13-14H2,1-2H3,(H2,25,26);1-6H. The number of benzene rings is 8. The van der Waals surface area contributed by atoms with E-state index in [2.05, 4.69) is 25.9 Å². The molecule has 2 N–H and O–H groups in total. The van der Waals surface area contributed by atoms with Gasteiger partial charge >= 0.3 is 0 Å². The number of carbonyl (C=O) groups excluding carboxylic acids is 2. The highest BCUT2D eigenvalue weighted by atomic mass is 79.9. The normalized spacial score (nSPS) is 10.6. The second-order valence-corrected chi connectivity index (χ2v) is 19.4. The second-order valence-electron chi connectivity index (χ2n) is 17.8. The van der Waals surface area contributed by atoms with Crippen molar-refractivity contribution in [2.45, 2.75) is 32.8 Å². The van der Waals surface area contributed by atoms with Crippen molar-refractivity contribution in [3.05, 3.63) is 248 Å². The number of hydrogen-bond acceptors (Lipinski definition) is 12. The van der Waals surface area contributed by atoms with Gasteiger partial charge in [0.2, 0.25) is 5.91 Å². The Balaban J connectivity index is 0.000000183. The number of aromatic nitrogens is 2. The van der Waals surface area contributed by atoms with Crippen molar-refractivity contribution in [3.8, 4) is 46.0 Å². The third kappa shape index (κ3) is 15.7. The zero-order valence-electron chi connectivity index (χ0n) is 44.7. The number of pyridine rings is 2. The van der Waals surface area contributed by atoms with Crippen molar-refractivity contribution in [2.75, 3.05) is 28.4 Å². The molecule has 2 heterocycles. The number of nitrogens with two attached hydrogens (primary N) is 1. The molecule has 0 aliphatic rings. The van der Waals surface area contributed by atoms with Crippen LogP contribution in [0.3, 0.4) is 0 Å². The van der Waals surface area contributed by atoms with Gasteiger partial charge in [-0.25, -0.2) is 0 Å². The Bertz CT molecular complexity index is 3710. The van der Waals surface area contributed by atoms with Gasteiger partial charge in [0.15, 0.2) is 28.8 Å². The fraction of sp³-hybridized carbons (Fsp3) is 0.138. The number of ketones is 1. The van der Waals surface area contributed by atoms with Crippen molar-refractivity contribution in [3.63, 3.8) is 0 Å². The molecule has 0 aliphatic carbocycles. The van der Waals surface area contributed by atoms with Crippen LogP contribution in [0.15, 0.2) is 199 Å². The van der Waals surface area contributed by atoms with E-state index in [-0.39, 0.29) is 60.0 Å². The molecule has 81 heavy (non-hydrogen) atoms. The van der Waals surface area contributed by atoms with E-state index >= 15 is 0 Å². The molecule has 0 atom stereocenters. The van der Waals surface area contributed by atoms with E-state index in [1.54, 1.807) is 59.0 Å². The van der Waals surface area contributed by atoms with Gasteiger partial charge < -0.3 is 43.6 Å². The summed E-state index contributed by atoms with van der Waals surface area (Å²) < 4.78 is 46.0. The van der Waals surface area contributed by atoms with Crippen LogP contribution in [0.5, 0.6) is 46.0 Å². The first-order valence-electron chi connectivity index (χ1n) is 25.3. The third-order valence-corrected chi connectivity index (χ3v) is 14.0. The van der Waals surface area contributed by atoms with Crippen LogP contribution in [0, 0.1) is 0 Å². The van der Waals surface area contributed by atoms with Crippen molar-refractivity contribution < 1.29 is 47.5 Å². The van der Waals surface area contributed by atoms with Gasteiger partial charge in [-0.1, -0.05) is 124 Å². The molecule has 412 valence electrons. The van der Waals surface area contributed by atoms with Gasteiger partial charge in [0, 0.05) is 39.6 Å². The highest BCUT2D eigenvalue weighted by Crippen LogP contribution is 2.41. The number of carbonyl (C=O) groups is 2. The Morgan fingerprint density at radius 2 is 0.815 bits per heavy atom. The Hall–Kier alpha value is -8.82. The summed E-state index contributed by atoms with van der Waals surface area (Å²) in [5, 5.41) is 2.42. The average molecular weight is 1190 g/mol. The lowest BCUT2D eigenvalue weighted by atomic mass is 9.99. The lowest BCUT2D eigenvalue weighted by Gasteiger charge is -2.17. The number of halogens is 3. The van der Waals surface area contributed by atoms with Gasteiger partial charge in [0.25, 0.3) is 0 Å². The molecule has 0 fully saturated rings. The van der Waals surface area contributed by atoms with Crippen LogP contribution in [0.25, 0.3) is 21.8 Å². The van der Waals surface area contributed by atoms with Crippen LogP contribution in [0.1, 0.15) is 48.5 Å². The maximum absolute atomic E-state index is 13.5. The van der Waals surface area contributed by atoms with Crippen LogP contribution in [-0.2, 0) is 32.8 Å². The number of hydrogen-bond donors (Lipinski definition) is 1. The highest BCUT2D eigenvalue weighted by molar-refractivity contribution is 9.10. The van der Waals surface area contributed by atoms with E-state index in [0.717, 1.165) is 77.1 Å². The Morgan fingerprint density at radius 3 is 1.23 bits per heavy atom. The molecule has 0 radical (unpaired) electrons. The molecule has 0 bridgehead atoms. The predicted molar refractivity (Wildman–Crippen MR) is 320 cm³/mol.